The number of piperazine rings is 1. The maximum Gasteiger partial charge on any atom is 0.249 e. The maximum absolute atomic E-state index is 12.3. The van der Waals surface area contributed by atoms with Crippen LogP contribution in [-0.4, -0.2) is 35.2 Å². The van der Waals surface area contributed by atoms with Crippen molar-refractivity contribution in [1.29, 1.82) is 0 Å². The molecule has 1 aliphatic heterocycles. The number of rotatable bonds is 3. The molecule has 110 valence electrons. The molecular formula is C16H18N2O3. The van der Waals surface area contributed by atoms with Crippen LogP contribution < -0.4 is 5.32 Å². The molecule has 0 radical (unpaired) electrons. The molecule has 0 bridgehead atoms. The van der Waals surface area contributed by atoms with Gasteiger partial charge in [-0.1, -0.05) is 31.2 Å². The van der Waals surface area contributed by atoms with Crippen molar-refractivity contribution >= 4 is 23.8 Å². The number of nitrogens with zero attached hydrogens (tertiary/aromatic N) is 1. The van der Waals surface area contributed by atoms with Crippen LogP contribution in [0.2, 0.25) is 0 Å². The SMILES string of the molecule is CCC1C(=O)NC(=O)CN1C(=O)C=Cc1ccccc1C. The summed E-state index contributed by atoms with van der Waals surface area (Å²) in [4.78, 5) is 36.7. The van der Waals surface area contributed by atoms with Gasteiger partial charge in [0.25, 0.3) is 0 Å². The third kappa shape index (κ3) is 3.37. The topological polar surface area (TPSA) is 66.5 Å². The van der Waals surface area contributed by atoms with Crippen molar-refractivity contribution in [3.8, 4) is 0 Å². The van der Waals surface area contributed by atoms with Gasteiger partial charge in [-0.25, -0.2) is 0 Å². The molecule has 1 aromatic carbocycles. The van der Waals surface area contributed by atoms with E-state index in [4.69, 9.17) is 0 Å². The minimum absolute atomic E-state index is 0.0822. The molecular weight excluding hydrogens is 268 g/mol. The van der Waals surface area contributed by atoms with Crippen molar-refractivity contribution in [3.63, 3.8) is 0 Å². The Labute approximate surface area is 123 Å². The Hall–Kier alpha value is -2.43. The number of carbonyl (C=O) groups is 3. The van der Waals surface area contributed by atoms with Gasteiger partial charge in [0.05, 0.1) is 0 Å². The fraction of sp³-hybridized carbons (Fsp3) is 0.312. The number of aryl methyl sites for hydroxylation is 1. The van der Waals surface area contributed by atoms with E-state index in [1.807, 2.05) is 38.1 Å². The van der Waals surface area contributed by atoms with Crippen LogP contribution in [0, 0.1) is 6.92 Å². The number of nitrogens with one attached hydrogen (secondary N) is 1. The molecule has 1 N–H and O–H groups in total. The van der Waals surface area contributed by atoms with Crippen LogP contribution in [0.3, 0.4) is 0 Å². The molecule has 0 saturated carbocycles. The summed E-state index contributed by atoms with van der Waals surface area (Å²) in [5.41, 5.74) is 1.99. The molecule has 1 saturated heterocycles. The average molecular weight is 286 g/mol. The lowest BCUT2D eigenvalue weighted by Crippen LogP contribution is -2.59. The average Bonchev–Trinajstić information content (AvgIpc) is 2.45. The Bertz CT molecular complexity index is 607. The second-order valence-corrected chi connectivity index (χ2v) is 4.99. The first-order valence-electron chi connectivity index (χ1n) is 6.91. The molecule has 0 aromatic heterocycles. The Morgan fingerprint density at radius 2 is 2.10 bits per heavy atom. The summed E-state index contributed by atoms with van der Waals surface area (Å²) in [5.74, 6) is -1.18. The standard InChI is InChI=1S/C16H18N2O3/c1-3-13-16(21)17-14(19)10-18(13)15(20)9-8-12-7-5-4-6-11(12)2/h4-9,13H,3,10H2,1-2H3,(H,17,19,21). The summed E-state index contributed by atoms with van der Waals surface area (Å²) in [6.45, 7) is 3.68. The molecule has 1 fully saturated rings. The number of imide groups is 1. The van der Waals surface area contributed by atoms with Crippen molar-refractivity contribution in [2.75, 3.05) is 6.54 Å². The lowest BCUT2D eigenvalue weighted by Gasteiger charge is -2.32. The summed E-state index contributed by atoms with van der Waals surface area (Å²) >= 11 is 0. The maximum atomic E-state index is 12.3. The molecule has 5 nitrogen and oxygen atoms in total. The summed E-state index contributed by atoms with van der Waals surface area (Å²) < 4.78 is 0. The van der Waals surface area contributed by atoms with E-state index in [2.05, 4.69) is 5.32 Å². The summed E-state index contributed by atoms with van der Waals surface area (Å²) in [6.07, 6.45) is 3.60. The van der Waals surface area contributed by atoms with E-state index in [0.29, 0.717) is 6.42 Å². The van der Waals surface area contributed by atoms with Gasteiger partial charge < -0.3 is 4.90 Å². The Morgan fingerprint density at radius 3 is 2.76 bits per heavy atom. The van der Waals surface area contributed by atoms with Gasteiger partial charge in [0.15, 0.2) is 0 Å². The van der Waals surface area contributed by atoms with Crippen LogP contribution in [0.5, 0.6) is 0 Å². The first-order chi connectivity index (χ1) is 10.0. The number of carbonyl (C=O) groups excluding carboxylic acids is 3. The van der Waals surface area contributed by atoms with Crippen LogP contribution in [0.15, 0.2) is 30.3 Å². The molecule has 0 aliphatic carbocycles. The van der Waals surface area contributed by atoms with Crippen LogP contribution in [0.25, 0.3) is 6.08 Å². The third-order valence-electron chi connectivity index (χ3n) is 3.52. The third-order valence-corrected chi connectivity index (χ3v) is 3.52. The highest BCUT2D eigenvalue weighted by atomic mass is 16.2. The van der Waals surface area contributed by atoms with Gasteiger partial charge in [-0.3, -0.25) is 19.7 Å². The van der Waals surface area contributed by atoms with Crippen molar-refractivity contribution in [2.45, 2.75) is 26.3 Å². The fourth-order valence-corrected chi connectivity index (χ4v) is 2.33. The van der Waals surface area contributed by atoms with Crippen molar-refractivity contribution < 1.29 is 14.4 Å². The first kappa shape index (κ1) is 15.0. The van der Waals surface area contributed by atoms with Gasteiger partial charge in [0, 0.05) is 6.08 Å². The highest BCUT2D eigenvalue weighted by molar-refractivity contribution is 6.06. The van der Waals surface area contributed by atoms with Gasteiger partial charge in [0.1, 0.15) is 12.6 Å². The molecule has 5 heteroatoms. The Balaban J connectivity index is 2.16. The molecule has 2 rings (SSSR count). The van der Waals surface area contributed by atoms with E-state index in [-0.39, 0.29) is 12.5 Å². The highest BCUT2D eigenvalue weighted by Crippen LogP contribution is 2.12. The lowest BCUT2D eigenvalue weighted by molar-refractivity contribution is -0.147. The predicted octanol–water partition coefficient (Wildman–Crippen LogP) is 1.27. The van der Waals surface area contributed by atoms with Gasteiger partial charge in [0.2, 0.25) is 17.7 Å². The fourth-order valence-electron chi connectivity index (χ4n) is 2.33. The van der Waals surface area contributed by atoms with Crippen LogP contribution in [0.4, 0.5) is 0 Å². The smallest absolute Gasteiger partial charge is 0.249 e. The Morgan fingerprint density at radius 1 is 1.38 bits per heavy atom. The van der Waals surface area contributed by atoms with E-state index in [9.17, 15) is 14.4 Å². The summed E-state index contributed by atoms with van der Waals surface area (Å²) in [6, 6.07) is 7.09. The highest BCUT2D eigenvalue weighted by Gasteiger charge is 2.34. The minimum Gasteiger partial charge on any atom is -0.318 e. The number of benzene rings is 1. The molecule has 1 unspecified atom stereocenters. The zero-order chi connectivity index (χ0) is 15.4. The van der Waals surface area contributed by atoms with E-state index in [1.165, 1.54) is 11.0 Å². The van der Waals surface area contributed by atoms with Crippen LogP contribution in [-0.2, 0) is 14.4 Å². The first-order valence-corrected chi connectivity index (χ1v) is 6.91. The molecule has 1 atom stereocenters. The quantitative estimate of drug-likeness (QED) is 0.672. The second kappa shape index (κ2) is 6.35. The molecule has 21 heavy (non-hydrogen) atoms. The Kier molecular flexibility index (Phi) is 4.52. The van der Waals surface area contributed by atoms with E-state index >= 15 is 0 Å². The molecule has 1 aromatic rings. The van der Waals surface area contributed by atoms with Gasteiger partial charge in [-0.15, -0.1) is 0 Å². The summed E-state index contributed by atoms with van der Waals surface area (Å²) in [7, 11) is 0. The largest absolute Gasteiger partial charge is 0.318 e. The van der Waals surface area contributed by atoms with Crippen molar-refractivity contribution in [3.05, 3.63) is 41.5 Å². The van der Waals surface area contributed by atoms with Crippen molar-refractivity contribution in [2.24, 2.45) is 0 Å². The van der Waals surface area contributed by atoms with E-state index < -0.39 is 17.9 Å². The van der Waals surface area contributed by atoms with Gasteiger partial charge in [-0.2, -0.15) is 0 Å². The van der Waals surface area contributed by atoms with Gasteiger partial charge >= 0.3 is 0 Å². The van der Waals surface area contributed by atoms with E-state index in [0.717, 1.165) is 11.1 Å². The molecule has 0 spiro atoms. The zero-order valence-corrected chi connectivity index (χ0v) is 12.1. The number of hydrogen-bond acceptors (Lipinski definition) is 3. The summed E-state index contributed by atoms with van der Waals surface area (Å²) in [5, 5.41) is 2.25. The predicted molar refractivity (Wildman–Crippen MR) is 79.2 cm³/mol. The minimum atomic E-state index is -0.586. The molecule has 1 heterocycles. The zero-order valence-electron chi connectivity index (χ0n) is 12.1. The van der Waals surface area contributed by atoms with Gasteiger partial charge in [-0.05, 0) is 30.5 Å². The van der Waals surface area contributed by atoms with Crippen LogP contribution in [0.1, 0.15) is 24.5 Å². The lowest BCUT2D eigenvalue weighted by atomic mass is 10.1. The van der Waals surface area contributed by atoms with E-state index in [1.54, 1.807) is 6.08 Å². The normalized spacial score (nSPS) is 19.0. The van der Waals surface area contributed by atoms with Crippen molar-refractivity contribution in [1.82, 2.24) is 10.2 Å². The molecule has 1 aliphatic rings. The molecule has 3 amide bonds. The number of hydrogen-bond donors (Lipinski definition) is 1. The second-order valence-electron chi connectivity index (χ2n) is 4.99. The monoisotopic (exact) mass is 286 g/mol. The van der Waals surface area contributed by atoms with Crippen LogP contribution >= 0.6 is 0 Å². The number of amides is 3.